The molecule has 2 rings (SSSR count). The van der Waals surface area contributed by atoms with Crippen molar-refractivity contribution in [1.29, 1.82) is 0 Å². The van der Waals surface area contributed by atoms with E-state index in [4.69, 9.17) is 0 Å². The Bertz CT molecular complexity index is 571. The maximum atomic E-state index is 12.9. The number of carbonyl (C=O) groups excluding carboxylic acids is 2. The second-order valence-electron chi connectivity index (χ2n) is 6.97. The van der Waals surface area contributed by atoms with E-state index in [1.807, 2.05) is 0 Å². The fourth-order valence-corrected chi connectivity index (χ4v) is 3.17. The van der Waals surface area contributed by atoms with Crippen molar-refractivity contribution in [2.24, 2.45) is 0 Å². The van der Waals surface area contributed by atoms with Gasteiger partial charge in [0.25, 0.3) is 11.8 Å². The van der Waals surface area contributed by atoms with E-state index < -0.39 is 0 Å². The van der Waals surface area contributed by atoms with Crippen LogP contribution in [0.15, 0.2) is 24.3 Å². The summed E-state index contributed by atoms with van der Waals surface area (Å²) in [7, 11) is 0. The minimum atomic E-state index is -0.317. The molecule has 1 aliphatic heterocycles. The van der Waals surface area contributed by atoms with Gasteiger partial charge in [0.05, 0.1) is 0 Å². The van der Waals surface area contributed by atoms with Gasteiger partial charge in [-0.05, 0) is 30.7 Å². The number of amides is 2. The Morgan fingerprint density at radius 2 is 1.54 bits per heavy atom. The van der Waals surface area contributed by atoms with Gasteiger partial charge < -0.3 is 20.4 Å². The van der Waals surface area contributed by atoms with Gasteiger partial charge in [-0.2, -0.15) is 0 Å². The summed E-state index contributed by atoms with van der Waals surface area (Å²) in [5.41, 5.74) is 0.611. The average Bonchev–Trinajstić information content (AvgIpc) is 2.62. The molecule has 0 aliphatic carbocycles. The molecule has 1 saturated heterocycles. The van der Waals surface area contributed by atoms with Crippen molar-refractivity contribution in [3.63, 3.8) is 0 Å². The van der Waals surface area contributed by atoms with Crippen LogP contribution >= 0.6 is 0 Å². The standard InChI is InChI=1S/C19H29FN4O2/c1-2-3-4-9-21-18(25)14-23-10-12-24(13-11-23)15-19(26)22-17-7-5-16(20)6-8-17/h5-8H,2-4,9-15H2,1H3,(H,21,25)(H,22,26)/p+2. The maximum Gasteiger partial charge on any atom is 0.279 e. The van der Waals surface area contributed by atoms with Crippen LogP contribution in [-0.4, -0.2) is 57.6 Å². The number of hydrogen-bond acceptors (Lipinski definition) is 2. The highest BCUT2D eigenvalue weighted by Gasteiger charge is 2.26. The molecule has 1 aromatic rings. The van der Waals surface area contributed by atoms with Gasteiger partial charge in [0.2, 0.25) is 0 Å². The summed E-state index contributed by atoms with van der Waals surface area (Å²) in [4.78, 5) is 26.5. The van der Waals surface area contributed by atoms with Crippen LogP contribution in [0, 0.1) is 5.82 Å². The molecular formula is C19H31FN4O2+2. The third-order valence-corrected chi connectivity index (χ3v) is 4.72. The zero-order chi connectivity index (χ0) is 18.8. The van der Waals surface area contributed by atoms with Crippen molar-refractivity contribution in [2.75, 3.05) is 51.1 Å². The summed E-state index contributed by atoms with van der Waals surface area (Å²) in [6.07, 6.45) is 3.34. The molecule has 0 atom stereocenters. The molecule has 144 valence electrons. The molecule has 0 unspecified atom stereocenters. The molecule has 0 spiro atoms. The largest absolute Gasteiger partial charge is 0.351 e. The Labute approximate surface area is 154 Å². The summed E-state index contributed by atoms with van der Waals surface area (Å²) in [5, 5.41) is 5.78. The molecule has 1 heterocycles. The lowest BCUT2D eigenvalue weighted by atomic mass is 10.2. The van der Waals surface area contributed by atoms with Crippen molar-refractivity contribution in [1.82, 2.24) is 5.32 Å². The first kappa shape index (κ1) is 20.3. The van der Waals surface area contributed by atoms with E-state index in [0.29, 0.717) is 18.8 Å². The Hall–Kier alpha value is -1.99. The molecule has 0 radical (unpaired) electrons. The lowest BCUT2D eigenvalue weighted by Gasteiger charge is -2.28. The Morgan fingerprint density at radius 1 is 0.962 bits per heavy atom. The van der Waals surface area contributed by atoms with Crippen LogP contribution < -0.4 is 20.4 Å². The first-order valence-electron chi connectivity index (χ1n) is 9.56. The lowest BCUT2D eigenvalue weighted by Crippen LogP contribution is -3.28. The number of hydrogen-bond donors (Lipinski definition) is 4. The molecule has 1 aliphatic rings. The number of anilines is 1. The third kappa shape index (κ3) is 7.49. The van der Waals surface area contributed by atoms with E-state index in [0.717, 1.165) is 52.0 Å². The Morgan fingerprint density at radius 3 is 2.12 bits per heavy atom. The molecule has 0 bridgehead atoms. The van der Waals surface area contributed by atoms with E-state index in [2.05, 4.69) is 17.6 Å². The van der Waals surface area contributed by atoms with Gasteiger partial charge in [-0.15, -0.1) is 0 Å². The monoisotopic (exact) mass is 366 g/mol. The lowest BCUT2D eigenvalue weighted by molar-refractivity contribution is -1.00. The van der Waals surface area contributed by atoms with Crippen LogP contribution in [0.1, 0.15) is 26.2 Å². The second-order valence-corrected chi connectivity index (χ2v) is 6.97. The van der Waals surface area contributed by atoms with Gasteiger partial charge in [0.1, 0.15) is 32.0 Å². The van der Waals surface area contributed by atoms with Crippen LogP contribution in [0.2, 0.25) is 0 Å². The number of carbonyl (C=O) groups is 2. The topological polar surface area (TPSA) is 67.1 Å². The molecule has 0 saturated carbocycles. The molecule has 6 nitrogen and oxygen atoms in total. The highest BCUT2D eigenvalue weighted by molar-refractivity contribution is 5.91. The fourth-order valence-electron chi connectivity index (χ4n) is 3.17. The van der Waals surface area contributed by atoms with E-state index in [1.54, 1.807) is 12.1 Å². The molecule has 1 aromatic carbocycles. The number of benzene rings is 1. The van der Waals surface area contributed by atoms with Gasteiger partial charge in [-0.1, -0.05) is 19.8 Å². The van der Waals surface area contributed by atoms with E-state index >= 15 is 0 Å². The number of quaternary nitrogens is 2. The molecule has 2 amide bonds. The number of piperazine rings is 1. The average molecular weight is 366 g/mol. The first-order chi connectivity index (χ1) is 12.6. The summed E-state index contributed by atoms with van der Waals surface area (Å²) in [5.74, 6) is -0.264. The van der Waals surface area contributed by atoms with Crippen molar-refractivity contribution in [3.05, 3.63) is 30.1 Å². The van der Waals surface area contributed by atoms with Crippen LogP contribution in [0.5, 0.6) is 0 Å². The van der Waals surface area contributed by atoms with Crippen molar-refractivity contribution >= 4 is 17.5 Å². The number of nitrogens with one attached hydrogen (secondary N) is 4. The molecule has 1 fully saturated rings. The highest BCUT2D eigenvalue weighted by Crippen LogP contribution is 2.07. The van der Waals surface area contributed by atoms with Gasteiger partial charge in [0.15, 0.2) is 13.1 Å². The van der Waals surface area contributed by atoms with Gasteiger partial charge in [0, 0.05) is 12.2 Å². The highest BCUT2D eigenvalue weighted by atomic mass is 19.1. The molecule has 4 N–H and O–H groups in total. The third-order valence-electron chi connectivity index (χ3n) is 4.72. The van der Waals surface area contributed by atoms with Gasteiger partial charge in [-0.3, -0.25) is 9.59 Å². The van der Waals surface area contributed by atoms with Crippen molar-refractivity contribution in [2.45, 2.75) is 26.2 Å². The molecule has 26 heavy (non-hydrogen) atoms. The Kier molecular flexibility index (Phi) is 8.50. The van der Waals surface area contributed by atoms with Gasteiger partial charge >= 0.3 is 0 Å². The first-order valence-corrected chi connectivity index (χ1v) is 9.56. The predicted molar refractivity (Wildman–Crippen MR) is 98.7 cm³/mol. The zero-order valence-corrected chi connectivity index (χ0v) is 15.6. The minimum absolute atomic E-state index is 0.0660. The summed E-state index contributed by atoms with van der Waals surface area (Å²) in [6.45, 7) is 7.34. The Balaban J connectivity index is 1.62. The van der Waals surface area contributed by atoms with E-state index in [-0.39, 0.29) is 17.6 Å². The van der Waals surface area contributed by atoms with Gasteiger partial charge in [-0.25, -0.2) is 4.39 Å². The normalized spacial score (nSPS) is 19.8. The minimum Gasteiger partial charge on any atom is -0.351 e. The maximum absolute atomic E-state index is 12.9. The van der Waals surface area contributed by atoms with Crippen molar-refractivity contribution < 1.29 is 23.8 Å². The summed E-state index contributed by atoms with van der Waals surface area (Å²) in [6, 6.07) is 5.78. The number of rotatable bonds is 9. The van der Waals surface area contributed by atoms with E-state index in [9.17, 15) is 14.0 Å². The summed E-state index contributed by atoms with van der Waals surface area (Å²) >= 11 is 0. The van der Waals surface area contributed by atoms with Crippen LogP contribution in [0.25, 0.3) is 0 Å². The molecular weight excluding hydrogens is 335 g/mol. The van der Waals surface area contributed by atoms with Crippen LogP contribution in [0.4, 0.5) is 10.1 Å². The van der Waals surface area contributed by atoms with Crippen LogP contribution in [0.3, 0.4) is 0 Å². The van der Waals surface area contributed by atoms with Crippen molar-refractivity contribution in [3.8, 4) is 0 Å². The fraction of sp³-hybridized carbons (Fsp3) is 0.579. The number of unbranched alkanes of at least 4 members (excludes halogenated alkanes) is 2. The zero-order valence-electron chi connectivity index (χ0n) is 15.6. The quantitative estimate of drug-likeness (QED) is 0.417. The summed E-state index contributed by atoms with van der Waals surface area (Å²) < 4.78 is 12.9. The number of halogens is 1. The second kappa shape index (κ2) is 10.9. The molecule has 7 heteroatoms. The van der Waals surface area contributed by atoms with E-state index in [1.165, 1.54) is 21.9 Å². The predicted octanol–water partition coefficient (Wildman–Crippen LogP) is -1.15. The van der Waals surface area contributed by atoms with Crippen LogP contribution in [-0.2, 0) is 9.59 Å². The smallest absolute Gasteiger partial charge is 0.279 e. The SMILES string of the molecule is CCCCCNC(=O)C[NH+]1CC[NH+](CC(=O)Nc2ccc(F)cc2)CC1. The molecule has 0 aromatic heterocycles.